The second-order valence-corrected chi connectivity index (χ2v) is 38.8. The Kier molecular flexibility index (Phi) is 28.1. The fourth-order valence-electron chi connectivity index (χ4n) is 13.0. The molecule has 0 aliphatic rings. The Hall–Kier alpha value is -12.7. The van der Waals surface area contributed by atoms with Crippen LogP contribution in [0.25, 0.3) is 44.1 Å². The number of hydrogen-bond donors (Lipinski definition) is 9. The number of carbonyl (C=O) groups is 4. The summed E-state index contributed by atoms with van der Waals surface area (Å²) in [4.78, 5) is 95.2. The summed E-state index contributed by atoms with van der Waals surface area (Å²) in [6.45, 7) is 6.43. The van der Waals surface area contributed by atoms with Crippen LogP contribution in [-0.2, 0) is 64.0 Å². The Bertz CT molecular complexity index is 7340. The van der Waals surface area contributed by atoms with E-state index in [-0.39, 0.29) is 109 Å². The predicted molar refractivity (Wildman–Crippen MR) is 483 cm³/mol. The second kappa shape index (κ2) is 38.1. The Labute approximate surface area is 782 Å². The second-order valence-electron chi connectivity index (χ2n) is 29.2. The Morgan fingerprint density at radius 2 is 0.647 bits per heavy atom. The van der Waals surface area contributed by atoms with Crippen LogP contribution in [0.15, 0.2) is 233 Å². The van der Waals surface area contributed by atoms with Crippen LogP contribution in [0.1, 0.15) is 118 Å². The quantitative estimate of drug-likeness (QED) is 0.0173. The van der Waals surface area contributed by atoms with Crippen LogP contribution in [0.5, 0.6) is 0 Å². The molecule has 686 valence electrons. The van der Waals surface area contributed by atoms with Gasteiger partial charge >= 0.3 is 12.4 Å². The van der Waals surface area contributed by atoms with Crippen LogP contribution < -0.4 is 18.9 Å². The smallest absolute Gasteiger partial charge is 0.386 e. The number of fused-ring (bicyclic) bond motifs is 4. The van der Waals surface area contributed by atoms with Crippen molar-refractivity contribution >= 4 is 211 Å². The monoisotopic (exact) mass is 2040 g/mol. The van der Waals surface area contributed by atoms with Crippen LogP contribution >= 0.6 is 81.2 Å². The molecule has 48 heteroatoms. The molecule has 29 nitrogen and oxygen atoms in total. The lowest BCUT2D eigenvalue weighted by atomic mass is 9.99. The third-order valence-corrected chi connectivity index (χ3v) is 26.5. The normalized spacial score (nSPS) is 12.2. The van der Waals surface area contributed by atoms with E-state index in [1.54, 1.807) is 56.0 Å². The highest BCUT2D eigenvalue weighted by Crippen LogP contribution is 2.41. The van der Waals surface area contributed by atoms with Crippen molar-refractivity contribution in [3.63, 3.8) is 0 Å². The van der Waals surface area contributed by atoms with Crippen molar-refractivity contribution < 1.29 is 93.1 Å². The molecule has 0 spiro atoms. The van der Waals surface area contributed by atoms with Gasteiger partial charge in [0.2, 0.25) is 23.1 Å². The summed E-state index contributed by atoms with van der Waals surface area (Å²) in [5, 5.41) is 11.8. The number of ketones is 4. The number of nitrogens with zero attached hydrogens (tertiary/aromatic N) is 8. The molecular weight excluding hydrogens is 1980 g/mol. The van der Waals surface area contributed by atoms with Crippen LogP contribution in [0.3, 0.4) is 0 Å². The van der Waals surface area contributed by atoms with E-state index >= 15 is 0 Å². The average molecular weight is 2040 g/mol. The van der Waals surface area contributed by atoms with Gasteiger partial charge in [0.1, 0.15) is 50.5 Å². The summed E-state index contributed by atoms with van der Waals surface area (Å²) in [7, 11) is -17.7. The highest BCUT2D eigenvalue weighted by atomic mass is 35.5. The molecule has 0 aliphatic carbocycles. The molecule has 0 saturated heterocycles. The molecule has 16 rings (SSSR count). The van der Waals surface area contributed by atoms with Crippen molar-refractivity contribution in [2.75, 3.05) is 18.9 Å². The van der Waals surface area contributed by atoms with Crippen molar-refractivity contribution in [1.82, 2.24) is 59.8 Å². The van der Waals surface area contributed by atoms with E-state index in [0.29, 0.717) is 74.3 Å². The number of aliphatic hydroxyl groups is 1. The standard InChI is InChI=1S/C22H18Cl2N4O4S.C21H13Cl2F3N4O3S.C21H14Cl2F2N4O3S.C21H14ClF3N4O3S/c1-22(2,30)16-10-13(3-4-17(16)24)33(31,32)28-18-9-12(23)11-27-19(18)20(29)14-5-7-25-21-15(14)6-8-26-21;1-10-2-3-12(7-15(10)21(24,25)26)34(32,33)30-16-6-11(22)9-28-18(16)19(31)14-8-17(23)29-20-13(14)4-5-27-20;1-21(24,25)15-9-12(2-3-16(15)23)33(31,32)29-17-8-11(22)10-28-18(17)19(30)13-4-6-26-20-14(13)5-7-27-20;1-11-8-17(29-33(31,32)12-2-3-16(22)15(9-12)21(23,24)25)18(28-10-11)19(30)13-4-6-26-20-14(13)5-7-27-20/h3-11,28,30H,1-2H3,(H,25,26);2-9,30H,1H3,(H,27,29);2*2-10,29H,1H3,(H,26,27). The van der Waals surface area contributed by atoms with E-state index in [1.165, 1.54) is 119 Å². The Balaban J connectivity index is 0.000000151. The zero-order valence-electron chi connectivity index (χ0n) is 67.9. The first kappa shape index (κ1) is 97.9. The molecule has 0 atom stereocenters. The van der Waals surface area contributed by atoms with E-state index in [0.717, 1.165) is 54.7 Å². The number of halogens is 15. The Morgan fingerprint density at radius 3 is 1.01 bits per heavy atom. The van der Waals surface area contributed by atoms with Crippen LogP contribution in [0.4, 0.5) is 57.9 Å². The number of aryl methyl sites for hydroxylation is 2. The van der Waals surface area contributed by atoms with E-state index < -0.39 is 124 Å². The van der Waals surface area contributed by atoms with E-state index in [1.807, 2.05) is 0 Å². The van der Waals surface area contributed by atoms with Crippen LogP contribution in [0.2, 0.25) is 35.3 Å². The maximum absolute atomic E-state index is 13.8. The third-order valence-electron chi connectivity index (χ3n) is 19.3. The number of aromatic amines is 4. The van der Waals surface area contributed by atoms with Gasteiger partial charge in [0.15, 0.2) is 0 Å². The highest BCUT2D eigenvalue weighted by molar-refractivity contribution is 7.93. The summed E-state index contributed by atoms with van der Waals surface area (Å²) in [5.74, 6) is -5.77. The number of rotatable bonds is 22. The van der Waals surface area contributed by atoms with Crippen LogP contribution in [-0.4, -0.2) is 122 Å². The highest BCUT2D eigenvalue weighted by Gasteiger charge is 2.38. The molecule has 0 aliphatic heterocycles. The van der Waals surface area contributed by atoms with E-state index in [2.05, 4.69) is 78.7 Å². The largest absolute Gasteiger partial charge is 0.417 e. The van der Waals surface area contributed by atoms with Gasteiger partial charge in [-0.15, -0.1) is 0 Å². The molecule has 0 fully saturated rings. The minimum atomic E-state index is -4.85. The summed E-state index contributed by atoms with van der Waals surface area (Å²) < 4.78 is 220. The van der Waals surface area contributed by atoms with Gasteiger partial charge in [0, 0.05) is 140 Å². The number of sulfonamides is 4. The molecule has 16 aromatic rings. The Morgan fingerprint density at radius 1 is 0.346 bits per heavy atom. The van der Waals surface area contributed by atoms with E-state index in [9.17, 15) is 93.1 Å². The fourth-order valence-corrected chi connectivity index (χ4v) is 18.9. The number of H-pyrrole nitrogens is 4. The van der Waals surface area contributed by atoms with Gasteiger partial charge in [-0.25, -0.2) is 77.3 Å². The average Bonchev–Trinajstić information content (AvgIpc) is 1.62. The molecule has 0 amide bonds. The third kappa shape index (κ3) is 22.0. The van der Waals surface area contributed by atoms with Crippen LogP contribution in [0, 0.1) is 13.8 Å². The van der Waals surface area contributed by atoms with Gasteiger partial charge in [-0.3, -0.25) is 43.1 Å². The maximum Gasteiger partial charge on any atom is 0.417 e. The number of hydrogen-bond acceptors (Lipinski definition) is 21. The van der Waals surface area contributed by atoms with E-state index in [4.69, 9.17) is 81.2 Å². The van der Waals surface area contributed by atoms with Crippen molar-refractivity contribution in [2.45, 2.75) is 78.1 Å². The number of aromatic nitrogens is 12. The lowest BCUT2D eigenvalue weighted by molar-refractivity contribution is -0.138. The molecule has 12 heterocycles. The maximum atomic E-state index is 13.8. The zero-order valence-corrected chi connectivity index (χ0v) is 76.5. The topological polar surface area (TPSA) is 439 Å². The number of carbonyl (C=O) groups excluding carboxylic acids is 4. The molecule has 0 unspecified atom stereocenters. The fraction of sp³-hybridized carbons (Fsp3) is 0.106. The van der Waals surface area contributed by atoms with Crippen molar-refractivity contribution in [3.8, 4) is 0 Å². The van der Waals surface area contributed by atoms with Gasteiger partial charge < -0.3 is 25.0 Å². The number of benzene rings is 4. The van der Waals surface area contributed by atoms with Gasteiger partial charge in [0.05, 0.1) is 79.1 Å². The van der Waals surface area contributed by atoms with Crippen molar-refractivity contribution in [3.05, 3.63) is 327 Å². The van der Waals surface area contributed by atoms with Gasteiger partial charge in [-0.1, -0.05) is 87.3 Å². The number of nitrogens with one attached hydrogen (secondary N) is 8. The summed E-state index contributed by atoms with van der Waals surface area (Å²) >= 11 is 41.5. The zero-order chi connectivity index (χ0) is 96.7. The summed E-state index contributed by atoms with van der Waals surface area (Å²) in [6, 6.07) is 29.0. The molecule has 9 N–H and O–H groups in total. The lowest BCUT2D eigenvalue weighted by Crippen LogP contribution is -2.20. The molecule has 0 bridgehead atoms. The number of alkyl halides is 8. The van der Waals surface area contributed by atoms with Gasteiger partial charge in [0.25, 0.3) is 46.0 Å². The first-order valence-electron chi connectivity index (χ1n) is 37.7. The summed E-state index contributed by atoms with van der Waals surface area (Å²) in [5.41, 5.74) is -2.91. The first-order chi connectivity index (χ1) is 62.3. The molecule has 4 aromatic carbocycles. The molecule has 0 radical (unpaired) electrons. The number of pyridine rings is 8. The predicted octanol–water partition coefficient (Wildman–Crippen LogP) is 20.5. The minimum absolute atomic E-state index is 0.00584. The lowest BCUT2D eigenvalue weighted by Gasteiger charge is -2.20. The first-order valence-corrected chi connectivity index (χ1v) is 46.2. The molecular formula is C85H59Cl7F8N16O13S4. The van der Waals surface area contributed by atoms with Gasteiger partial charge in [-0.05, 0) is 178 Å². The van der Waals surface area contributed by atoms with Gasteiger partial charge in [-0.2, -0.15) is 26.3 Å². The SMILES string of the molecule is CC(C)(O)c1cc(S(=O)(=O)Nc2cc(Cl)cnc2C(=O)c2ccnc3[nH]ccc23)ccc1Cl.CC(F)(F)c1cc(S(=O)(=O)Nc2cc(Cl)cnc2C(=O)c2ccnc3[nH]ccc23)ccc1Cl.Cc1ccc(S(=O)(=O)Nc2cc(Cl)cnc2C(=O)c2cc(Cl)nc3[nH]ccc23)cc1C(F)(F)F.Cc1cnc(C(=O)c2ccnc3[nH]ccc23)c(NS(=O)(=O)c2ccc(Cl)c(C(F)(F)F)c2)c1. The molecule has 133 heavy (non-hydrogen) atoms. The summed E-state index contributed by atoms with van der Waals surface area (Å²) in [6.07, 6.45) is 6.07. The molecule has 0 saturated carbocycles. The minimum Gasteiger partial charge on any atom is -0.386 e. The number of anilines is 4. The van der Waals surface area contributed by atoms with Crippen molar-refractivity contribution in [1.29, 1.82) is 0 Å². The van der Waals surface area contributed by atoms with Crippen molar-refractivity contribution in [2.24, 2.45) is 0 Å². The molecule has 12 aromatic heterocycles.